The highest BCUT2D eigenvalue weighted by Crippen LogP contribution is 2.37. The van der Waals surface area contributed by atoms with E-state index in [4.69, 9.17) is 23.1 Å². The minimum absolute atomic E-state index is 0.0344. The van der Waals surface area contributed by atoms with E-state index >= 15 is 0 Å². The molecule has 2 rings (SSSR count). The van der Waals surface area contributed by atoms with E-state index < -0.39 is 5.82 Å². The van der Waals surface area contributed by atoms with Gasteiger partial charge in [-0.15, -0.1) is 0 Å². The monoisotopic (exact) mass is 257 g/mol. The van der Waals surface area contributed by atoms with Crippen LogP contribution < -0.4 is 16.4 Å². The summed E-state index contributed by atoms with van der Waals surface area (Å²) in [6.07, 6.45) is 2.09. The highest BCUT2D eigenvalue weighted by atomic mass is 35.5. The molecular formula is C12H17ClFN3. The van der Waals surface area contributed by atoms with E-state index in [0.717, 1.165) is 25.9 Å². The molecule has 0 saturated carbocycles. The number of hydrogen-bond acceptors (Lipinski definition) is 3. The Balaban J connectivity index is 2.35. The number of hydrogen-bond donors (Lipinski definition) is 2. The summed E-state index contributed by atoms with van der Waals surface area (Å²) in [6.45, 7) is 3.82. The minimum atomic E-state index is -0.501. The topological polar surface area (TPSA) is 55.3 Å². The smallest absolute Gasteiger partial charge is 0.169 e. The van der Waals surface area contributed by atoms with Gasteiger partial charge in [-0.1, -0.05) is 18.5 Å². The Morgan fingerprint density at radius 3 is 2.47 bits per heavy atom. The van der Waals surface area contributed by atoms with Crippen molar-refractivity contribution < 1.29 is 4.39 Å². The van der Waals surface area contributed by atoms with Crippen LogP contribution in [0.15, 0.2) is 6.07 Å². The maximum atomic E-state index is 14.1. The Labute approximate surface area is 106 Å². The second kappa shape index (κ2) is 4.61. The quantitative estimate of drug-likeness (QED) is 0.761. The normalized spacial score (nSPS) is 17.5. The summed E-state index contributed by atoms with van der Waals surface area (Å²) in [6, 6.07) is 1.53. The first-order valence-corrected chi connectivity index (χ1v) is 6.16. The molecule has 1 aromatic carbocycles. The van der Waals surface area contributed by atoms with Crippen LogP contribution in [0.25, 0.3) is 0 Å². The first-order chi connectivity index (χ1) is 8.00. The van der Waals surface area contributed by atoms with Gasteiger partial charge in [-0.05, 0) is 24.8 Å². The molecule has 0 unspecified atom stereocenters. The van der Waals surface area contributed by atoms with Crippen LogP contribution in [0, 0.1) is 11.7 Å². The molecule has 1 fully saturated rings. The van der Waals surface area contributed by atoms with Gasteiger partial charge < -0.3 is 16.4 Å². The van der Waals surface area contributed by atoms with Gasteiger partial charge in [0.2, 0.25) is 0 Å². The van der Waals surface area contributed by atoms with Gasteiger partial charge in [0.05, 0.1) is 17.1 Å². The van der Waals surface area contributed by atoms with E-state index in [0.29, 0.717) is 17.3 Å². The van der Waals surface area contributed by atoms with Crippen molar-refractivity contribution in [1.29, 1.82) is 0 Å². The van der Waals surface area contributed by atoms with E-state index in [-0.39, 0.29) is 10.7 Å². The van der Waals surface area contributed by atoms with Crippen LogP contribution in [0.4, 0.5) is 21.5 Å². The molecule has 0 bridgehead atoms. The van der Waals surface area contributed by atoms with Crippen molar-refractivity contribution in [2.45, 2.75) is 19.8 Å². The summed E-state index contributed by atoms with van der Waals surface area (Å²) in [4.78, 5) is 1.95. The SMILES string of the molecule is CC1CCN(c2c(N)cc(N)c(Cl)c2F)CC1. The lowest BCUT2D eigenvalue weighted by Crippen LogP contribution is -2.34. The van der Waals surface area contributed by atoms with Gasteiger partial charge in [-0.25, -0.2) is 4.39 Å². The number of piperidine rings is 1. The standard InChI is InChI=1S/C12H17ClFN3/c1-7-2-4-17(5-3-7)12-9(16)6-8(15)10(13)11(12)14/h6-7H,2-5,15-16H2,1H3. The molecule has 0 aliphatic carbocycles. The van der Waals surface area contributed by atoms with Gasteiger partial charge in [-0.3, -0.25) is 0 Å². The van der Waals surface area contributed by atoms with E-state index in [1.165, 1.54) is 6.07 Å². The predicted molar refractivity (Wildman–Crippen MR) is 70.8 cm³/mol. The highest BCUT2D eigenvalue weighted by Gasteiger charge is 2.23. The molecule has 0 spiro atoms. The molecule has 17 heavy (non-hydrogen) atoms. The molecule has 1 aromatic rings. The van der Waals surface area contributed by atoms with Gasteiger partial charge in [0, 0.05) is 13.1 Å². The van der Waals surface area contributed by atoms with Crippen molar-refractivity contribution in [3.63, 3.8) is 0 Å². The number of nitrogens with two attached hydrogens (primary N) is 2. The summed E-state index contributed by atoms with van der Waals surface area (Å²) in [7, 11) is 0. The van der Waals surface area contributed by atoms with Crippen molar-refractivity contribution in [2.75, 3.05) is 29.5 Å². The Morgan fingerprint density at radius 1 is 1.29 bits per heavy atom. The second-order valence-electron chi connectivity index (χ2n) is 4.70. The first-order valence-electron chi connectivity index (χ1n) is 5.78. The van der Waals surface area contributed by atoms with Gasteiger partial charge >= 0.3 is 0 Å². The van der Waals surface area contributed by atoms with Crippen LogP contribution in [0.1, 0.15) is 19.8 Å². The third kappa shape index (κ3) is 2.27. The first kappa shape index (κ1) is 12.3. The summed E-state index contributed by atoms with van der Waals surface area (Å²) in [5, 5.41) is -0.0344. The lowest BCUT2D eigenvalue weighted by Gasteiger charge is -2.33. The Bertz CT molecular complexity index is 428. The summed E-state index contributed by atoms with van der Waals surface area (Å²) >= 11 is 5.82. The largest absolute Gasteiger partial charge is 0.397 e. The lowest BCUT2D eigenvalue weighted by atomic mass is 9.98. The van der Waals surface area contributed by atoms with Crippen LogP contribution in [0.5, 0.6) is 0 Å². The number of anilines is 3. The molecule has 0 amide bonds. The number of halogens is 2. The number of nitrogens with zero attached hydrogens (tertiary/aromatic N) is 1. The van der Waals surface area contributed by atoms with Gasteiger partial charge in [0.25, 0.3) is 0 Å². The molecule has 4 N–H and O–H groups in total. The molecule has 1 aliphatic rings. The fourth-order valence-electron chi connectivity index (χ4n) is 2.21. The van der Waals surface area contributed by atoms with Crippen LogP contribution >= 0.6 is 11.6 Å². The highest BCUT2D eigenvalue weighted by molar-refractivity contribution is 6.33. The van der Waals surface area contributed by atoms with Gasteiger partial charge in [0.1, 0.15) is 5.02 Å². The number of rotatable bonds is 1. The third-order valence-corrected chi connectivity index (χ3v) is 3.72. The fourth-order valence-corrected chi connectivity index (χ4v) is 2.35. The molecular weight excluding hydrogens is 241 g/mol. The van der Waals surface area contributed by atoms with E-state index in [1.807, 2.05) is 4.90 Å². The molecule has 1 aliphatic heterocycles. The maximum absolute atomic E-state index is 14.1. The molecule has 5 heteroatoms. The Hall–Kier alpha value is -1.16. The summed E-state index contributed by atoms with van der Waals surface area (Å²) in [5.41, 5.74) is 12.4. The van der Waals surface area contributed by atoms with E-state index in [9.17, 15) is 4.39 Å². The van der Waals surface area contributed by atoms with Gasteiger partial charge in [0.15, 0.2) is 5.82 Å². The molecule has 1 heterocycles. The lowest BCUT2D eigenvalue weighted by molar-refractivity contribution is 0.435. The molecule has 3 nitrogen and oxygen atoms in total. The van der Waals surface area contributed by atoms with E-state index in [1.54, 1.807) is 0 Å². The van der Waals surface area contributed by atoms with Crippen LogP contribution in [0.2, 0.25) is 5.02 Å². The van der Waals surface area contributed by atoms with E-state index in [2.05, 4.69) is 6.92 Å². The Kier molecular flexibility index (Phi) is 3.33. The zero-order chi connectivity index (χ0) is 12.6. The molecule has 0 atom stereocenters. The average molecular weight is 258 g/mol. The molecule has 0 radical (unpaired) electrons. The Morgan fingerprint density at radius 2 is 1.88 bits per heavy atom. The number of benzene rings is 1. The minimum Gasteiger partial charge on any atom is -0.397 e. The average Bonchev–Trinajstić information content (AvgIpc) is 2.29. The number of nitrogen functional groups attached to an aromatic ring is 2. The molecule has 94 valence electrons. The van der Waals surface area contributed by atoms with Crippen LogP contribution in [0.3, 0.4) is 0 Å². The van der Waals surface area contributed by atoms with Crippen LogP contribution in [-0.2, 0) is 0 Å². The van der Waals surface area contributed by atoms with Crippen molar-refractivity contribution in [2.24, 2.45) is 5.92 Å². The summed E-state index contributed by atoms with van der Waals surface area (Å²) < 4.78 is 14.1. The predicted octanol–water partition coefficient (Wildman–Crippen LogP) is 2.88. The molecule has 1 saturated heterocycles. The third-order valence-electron chi connectivity index (χ3n) is 3.34. The van der Waals surface area contributed by atoms with Crippen LogP contribution in [-0.4, -0.2) is 13.1 Å². The van der Waals surface area contributed by atoms with Crippen molar-refractivity contribution in [3.8, 4) is 0 Å². The zero-order valence-electron chi connectivity index (χ0n) is 9.84. The van der Waals surface area contributed by atoms with Crippen molar-refractivity contribution in [1.82, 2.24) is 0 Å². The van der Waals surface area contributed by atoms with Crippen molar-refractivity contribution in [3.05, 3.63) is 16.9 Å². The van der Waals surface area contributed by atoms with Gasteiger partial charge in [-0.2, -0.15) is 0 Å². The van der Waals surface area contributed by atoms with Crippen molar-refractivity contribution >= 4 is 28.7 Å². The fraction of sp³-hybridized carbons (Fsp3) is 0.500. The summed E-state index contributed by atoms with van der Waals surface area (Å²) in [5.74, 6) is 0.179. The molecule has 0 aromatic heterocycles. The second-order valence-corrected chi connectivity index (χ2v) is 5.08. The maximum Gasteiger partial charge on any atom is 0.169 e. The zero-order valence-corrected chi connectivity index (χ0v) is 10.6.